The summed E-state index contributed by atoms with van der Waals surface area (Å²) < 4.78 is 36.5. The van der Waals surface area contributed by atoms with E-state index in [9.17, 15) is 13.2 Å². The quantitative estimate of drug-likeness (QED) is 0.693. The van der Waals surface area contributed by atoms with E-state index in [0.29, 0.717) is 43.3 Å². The van der Waals surface area contributed by atoms with Crippen LogP contribution in [0.15, 0.2) is 48.5 Å². The zero-order valence-electron chi connectivity index (χ0n) is 17.3. The molecule has 1 heterocycles. The number of hydrogen-bond donors (Lipinski definition) is 1. The van der Waals surface area contributed by atoms with Crippen LogP contribution in [0.4, 0.5) is 0 Å². The molecule has 0 aliphatic carbocycles. The van der Waals surface area contributed by atoms with Gasteiger partial charge in [0, 0.05) is 25.2 Å². The van der Waals surface area contributed by atoms with E-state index >= 15 is 0 Å². The van der Waals surface area contributed by atoms with Gasteiger partial charge in [-0.3, -0.25) is 4.79 Å². The van der Waals surface area contributed by atoms with E-state index in [1.165, 1.54) is 0 Å². The van der Waals surface area contributed by atoms with Crippen LogP contribution in [0.3, 0.4) is 0 Å². The van der Waals surface area contributed by atoms with Crippen LogP contribution in [-0.4, -0.2) is 52.2 Å². The summed E-state index contributed by atoms with van der Waals surface area (Å²) in [7, 11) is -1.69. The molecule has 1 atom stereocenters. The fourth-order valence-electron chi connectivity index (χ4n) is 3.52. The predicted octanol–water partition coefficient (Wildman–Crippen LogP) is 2.68. The summed E-state index contributed by atoms with van der Waals surface area (Å²) in [5.41, 5.74) is 1.57. The number of carbonyl (C=O) groups excluding carboxylic acids is 1. The number of amides is 1. The van der Waals surface area contributed by atoms with Crippen molar-refractivity contribution < 1.29 is 22.7 Å². The van der Waals surface area contributed by atoms with Crippen molar-refractivity contribution in [3.8, 4) is 11.5 Å². The third kappa shape index (κ3) is 6.21. The summed E-state index contributed by atoms with van der Waals surface area (Å²) in [6.45, 7) is 1.93. The highest BCUT2D eigenvalue weighted by atomic mass is 32.2. The van der Waals surface area contributed by atoms with Crippen LogP contribution >= 0.6 is 0 Å². The largest absolute Gasteiger partial charge is 0.493 e. The molecule has 0 aromatic heterocycles. The molecule has 1 amide bonds. The predicted molar refractivity (Wildman–Crippen MR) is 115 cm³/mol. The van der Waals surface area contributed by atoms with Gasteiger partial charge in [0.05, 0.1) is 13.4 Å². The van der Waals surface area contributed by atoms with Crippen molar-refractivity contribution in [2.45, 2.75) is 19.4 Å². The maximum atomic E-state index is 13.0. The van der Waals surface area contributed by atoms with Crippen LogP contribution in [0.25, 0.3) is 0 Å². The number of ether oxygens (including phenoxy) is 2. The monoisotopic (exact) mass is 432 g/mol. The Kier molecular flexibility index (Phi) is 7.33. The molecule has 1 saturated heterocycles. The first kappa shape index (κ1) is 22.1. The summed E-state index contributed by atoms with van der Waals surface area (Å²) in [6.07, 6.45) is 2.88. The van der Waals surface area contributed by atoms with Gasteiger partial charge in [-0.2, -0.15) is 0 Å². The van der Waals surface area contributed by atoms with Crippen LogP contribution in [0, 0.1) is 5.92 Å². The normalized spacial score (nSPS) is 16.9. The summed E-state index contributed by atoms with van der Waals surface area (Å²) in [6, 6.07) is 15.0. The first-order valence-electron chi connectivity index (χ1n) is 9.94. The second kappa shape index (κ2) is 9.95. The summed E-state index contributed by atoms with van der Waals surface area (Å²) in [5, 5.41) is 0. The number of nitrogens with one attached hydrogen (secondary N) is 1. The first-order valence-corrected chi connectivity index (χ1v) is 11.8. The third-order valence-corrected chi connectivity index (χ3v) is 5.78. The van der Waals surface area contributed by atoms with Crippen LogP contribution in [0.2, 0.25) is 0 Å². The van der Waals surface area contributed by atoms with Gasteiger partial charge in [0.25, 0.3) is 5.91 Å². The highest BCUT2D eigenvalue weighted by Crippen LogP contribution is 2.30. The van der Waals surface area contributed by atoms with E-state index < -0.39 is 10.0 Å². The summed E-state index contributed by atoms with van der Waals surface area (Å²) >= 11 is 0. The molecule has 1 unspecified atom stereocenters. The minimum absolute atomic E-state index is 0.0908. The second-order valence-corrected chi connectivity index (χ2v) is 9.35. The molecular weight excluding hydrogens is 404 g/mol. The molecule has 1 N–H and O–H groups in total. The molecule has 1 aliphatic rings. The highest BCUT2D eigenvalue weighted by molar-refractivity contribution is 7.88. The Morgan fingerprint density at radius 1 is 1.17 bits per heavy atom. The molecule has 0 bridgehead atoms. The number of carbonyl (C=O) groups is 1. The Hall–Kier alpha value is -2.58. The summed E-state index contributed by atoms with van der Waals surface area (Å²) in [5.74, 6) is 1.09. The number of hydrogen-bond acceptors (Lipinski definition) is 5. The zero-order valence-corrected chi connectivity index (χ0v) is 18.2. The molecule has 1 fully saturated rings. The van der Waals surface area contributed by atoms with E-state index in [1.807, 2.05) is 30.3 Å². The zero-order chi connectivity index (χ0) is 21.6. The summed E-state index contributed by atoms with van der Waals surface area (Å²) in [4.78, 5) is 14.8. The molecule has 3 rings (SSSR count). The van der Waals surface area contributed by atoms with Gasteiger partial charge in [-0.25, -0.2) is 13.1 Å². The topological polar surface area (TPSA) is 84.9 Å². The van der Waals surface area contributed by atoms with Crippen molar-refractivity contribution in [1.82, 2.24) is 9.62 Å². The van der Waals surface area contributed by atoms with Crippen LogP contribution in [-0.2, 0) is 16.6 Å². The number of nitrogens with zero attached hydrogens (tertiary/aromatic N) is 1. The molecule has 7 nitrogen and oxygen atoms in total. The van der Waals surface area contributed by atoms with Crippen molar-refractivity contribution in [3.05, 3.63) is 59.7 Å². The van der Waals surface area contributed by atoms with E-state index in [2.05, 4.69) is 4.72 Å². The van der Waals surface area contributed by atoms with Crippen molar-refractivity contribution in [2.24, 2.45) is 5.92 Å². The van der Waals surface area contributed by atoms with Gasteiger partial charge in [-0.1, -0.05) is 30.3 Å². The van der Waals surface area contributed by atoms with E-state index in [1.54, 1.807) is 30.2 Å². The molecule has 2 aromatic rings. The van der Waals surface area contributed by atoms with E-state index in [4.69, 9.17) is 9.47 Å². The lowest BCUT2D eigenvalue weighted by molar-refractivity contribution is 0.0676. The van der Waals surface area contributed by atoms with Gasteiger partial charge in [0.1, 0.15) is 6.61 Å². The molecule has 2 aromatic carbocycles. The number of piperidine rings is 1. The standard InChI is InChI=1S/C22H28N2O5S/c1-28-21-13-19(10-11-20(21)29-16-17-7-4-3-5-8-17)22(25)24-12-6-9-18(15-24)14-23-30(2,26)27/h3-5,7-8,10-11,13,18,23H,6,9,12,14-16H2,1-2H3. The SMILES string of the molecule is COc1cc(C(=O)N2CCCC(CNS(C)(=O)=O)C2)ccc1OCc1ccccc1. The Labute approximate surface area is 178 Å². The van der Waals surface area contributed by atoms with Crippen LogP contribution in [0.1, 0.15) is 28.8 Å². The van der Waals surface area contributed by atoms with Crippen LogP contribution in [0.5, 0.6) is 11.5 Å². The molecule has 162 valence electrons. The van der Waals surface area contributed by atoms with Gasteiger partial charge >= 0.3 is 0 Å². The van der Waals surface area contributed by atoms with E-state index in [0.717, 1.165) is 24.7 Å². The lowest BCUT2D eigenvalue weighted by Crippen LogP contribution is -2.43. The van der Waals surface area contributed by atoms with E-state index in [-0.39, 0.29) is 11.8 Å². The Morgan fingerprint density at radius 3 is 2.63 bits per heavy atom. The average molecular weight is 433 g/mol. The molecule has 8 heteroatoms. The Morgan fingerprint density at radius 2 is 1.93 bits per heavy atom. The third-order valence-electron chi connectivity index (χ3n) is 5.09. The molecule has 0 spiro atoms. The maximum Gasteiger partial charge on any atom is 0.254 e. The number of sulfonamides is 1. The Balaban J connectivity index is 1.65. The van der Waals surface area contributed by atoms with Crippen molar-refractivity contribution in [3.63, 3.8) is 0 Å². The number of rotatable bonds is 8. The highest BCUT2D eigenvalue weighted by Gasteiger charge is 2.25. The smallest absolute Gasteiger partial charge is 0.254 e. The van der Waals surface area contributed by atoms with Crippen molar-refractivity contribution >= 4 is 15.9 Å². The van der Waals surface area contributed by atoms with Crippen molar-refractivity contribution in [2.75, 3.05) is 33.0 Å². The van der Waals surface area contributed by atoms with Gasteiger partial charge in [0.2, 0.25) is 10.0 Å². The molecule has 0 saturated carbocycles. The fraction of sp³-hybridized carbons (Fsp3) is 0.409. The molecular formula is C22H28N2O5S. The first-order chi connectivity index (χ1) is 14.4. The van der Waals surface area contributed by atoms with Gasteiger partial charge in [-0.15, -0.1) is 0 Å². The van der Waals surface area contributed by atoms with Gasteiger partial charge < -0.3 is 14.4 Å². The fourth-order valence-corrected chi connectivity index (χ4v) is 4.06. The molecule has 1 aliphatic heterocycles. The number of benzene rings is 2. The van der Waals surface area contributed by atoms with Crippen molar-refractivity contribution in [1.29, 1.82) is 0 Å². The lowest BCUT2D eigenvalue weighted by Gasteiger charge is -2.33. The average Bonchev–Trinajstić information content (AvgIpc) is 2.76. The second-order valence-electron chi connectivity index (χ2n) is 7.52. The number of methoxy groups -OCH3 is 1. The molecule has 0 radical (unpaired) electrons. The van der Waals surface area contributed by atoms with Crippen LogP contribution < -0.4 is 14.2 Å². The number of likely N-dealkylation sites (tertiary alicyclic amines) is 1. The molecule has 30 heavy (non-hydrogen) atoms. The Bertz CT molecular complexity index is 963. The minimum Gasteiger partial charge on any atom is -0.493 e. The maximum absolute atomic E-state index is 13.0. The lowest BCUT2D eigenvalue weighted by atomic mass is 9.97. The van der Waals surface area contributed by atoms with Gasteiger partial charge in [0.15, 0.2) is 11.5 Å². The van der Waals surface area contributed by atoms with Gasteiger partial charge in [-0.05, 0) is 42.5 Å². The minimum atomic E-state index is -3.24.